The second-order valence-corrected chi connectivity index (χ2v) is 8.96. The lowest BCUT2D eigenvalue weighted by Gasteiger charge is -2.19. The van der Waals surface area contributed by atoms with E-state index in [9.17, 15) is 19.2 Å². The van der Waals surface area contributed by atoms with Gasteiger partial charge in [0.15, 0.2) is 10.2 Å². The van der Waals surface area contributed by atoms with Crippen LogP contribution >= 0.6 is 23.5 Å². The molecule has 0 saturated carbocycles. The Kier molecular flexibility index (Phi) is 10.3. The summed E-state index contributed by atoms with van der Waals surface area (Å²) in [5.41, 5.74) is -0.416. The third kappa shape index (κ3) is 9.97. The molecule has 0 aliphatic heterocycles. The van der Waals surface area contributed by atoms with Gasteiger partial charge in [0.1, 0.15) is 6.04 Å². The van der Waals surface area contributed by atoms with Gasteiger partial charge in [-0.05, 0) is 0 Å². The minimum atomic E-state index is -0.767. The van der Waals surface area contributed by atoms with Crippen LogP contribution in [0.3, 0.4) is 0 Å². The van der Waals surface area contributed by atoms with Gasteiger partial charge in [0, 0.05) is 36.3 Å². The first kappa shape index (κ1) is 23.0. The van der Waals surface area contributed by atoms with Crippen molar-refractivity contribution in [3.63, 3.8) is 0 Å². The number of hydrogen-bond acceptors (Lipinski definition) is 6. The highest BCUT2D eigenvalue weighted by Gasteiger charge is 2.24. The van der Waals surface area contributed by atoms with Crippen LogP contribution in [0.1, 0.15) is 41.5 Å². The molecule has 0 aromatic rings. The molecule has 0 aromatic carbocycles. The van der Waals surface area contributed by atoms with E-state index in [4.69, 9.17) is 0 Å². The Labute approximate surface area is 152 Å². The fourth-order valence-electron chi connectivity index (χ4n) is 1.38. The van der Waals surface area contributed by atoms with Crippen LogP contribution in [0.4, 0.5) is 0 Å². The van der Waals surface area contributed by atoms with E-state index < -0.39 is 11.5 Å². The molecule has 0 saturated heterocycles. The average Bonchev–Trinajstić information content (AvgIpc) is 2.45. The lowest BCUT2D eigenvalue weighted by atomic mass is 10.00. The maximum atomic E-state index is 12.2. The van der Waals surface area contributed by atoms with Gasteiger partial charge in [-0.3, -0.25) is 19.2 Å². The van der Waals surface area contributed by atoms with E-state index in [-0.39, 0.29) is 33.7 Å². The SMILES string of the molecule is CC(=O)SC[C@H](NC(=O)C(C)C)C(=O)NCCSC(=O)C(C)(C)C. The van der Waals surface area contributed by atoms with Crippen molar-refractivity contribution in [1.82, 2.24) is 10.6 Å². The van der Waals surface area contributed by atoms with Crippen molar-refractivity contribution in [2.24, 2.45) is 11.3 Å². The highest BCUT2D eigenvalue weighted by Crippen LogP contribution is 2.22. The summed E-state index contributed by atoms with van der Waals surface area (Å²) in [6.45, 7) is 10.7. The van der Waals surface area contributed by atoms with E-state index in [1.54, 1.807) is 13.8 Å². The maximum absolute atomic E-state index is 12.2. The fourth-order valence-corrected chi connectivity index (χ4v) is 2.84. The number of hydrogen-bond donors (Lipinski definition) is 2. The van der Waals surface area contributed by atoms with Crippen molar-refractivity contribution in [3.8, 4) is 0 Å². The Balaban J connectivity index is 4.45. The first-order chi connectivity index (χ1) is 10.9. The summed E-state index contributed by atoms with van der Waals surface area (Å²) >= 11 is 2.17. The number of carbonyl (C=O) groups excluding carboxylic acids is 4. The minimum absolute atomic E-state index is 0.0635. The summed E-state index contributed by atoms with van der Waals surface area (Å²) in [6, 6.07) is -0.767. The molecule has 2 amide bonds. The Bertz CT molecular complexity index is 473. The molecule has 0 aromatic heterocycles. The van der Waals surface area contributed by atoms with Gasteiger partial charge in [0.05, 0.1) is 0 Å². The first-order valence-corrected chi connectivity index (χ1v) is 9.81. The van der Waals surface area contributed by atoms with Crippen LogP contribution in [0.25, 0.3) is 0 Å². The van der Waals surface area contributed by atoms with Gasteiger partial charge in [-0.25, -0.2) is 0 Å². The van der Waals surface area contributed by atoms with E-state index in [1.807, 2.05) is 20.8 Å². The van der Waals surface area contributed by atoms with Gasteiger partial charge in [-0.15, -0.1) is 0 Å². The summed E-state index contributed by atoms with van der Waals surface area (Å²) in [5, 5.41) is 5.30. The fraction of sp³-hybridized carbons (Fsp3) is 0.750. The zero-order valence-electron chi connectivity index (χ0n) is 15.2. The molecule has 6 nitrogen and oxygen atoms in total. The van der Waals surface area contributed by atoms with Crippen molar-refractivity contribution in [3.05, 3.63) is 0 Å². The molecule has 1 atom stereocenters. The smallest absolute Gasteiger partial charge is 0.243 e. The van der Waals surface area contributed by atoms with Crippen LogP contribution in [-0.4, -0.2) is 46.1 Å². The Morgan fingerprint density at radius 2 is 1.58 bits per heavy atom. The number of rotatable bonds is 8. The summed E-state index contributed by atoms with van der Waals surface area (Å²) in [5.74, 6) is -0.180. The largest absolute Gasteiger partial charge is 0.353 e. The molecule has 0 heterocycles. The third-order valence-electron chi connectivity index (χ3n) is 2.86. The Hall–Kier alpha value is -1.02. The van der Waals surface area contributed by atoms with Crippen LogP contribution in [0.15, 0.2) is 0 Å². The second-order valence-electron chi connectivity index (χ2n) is 6.70. The van der Waals surface area contributed by atoms with E-state index in [1.165, 1.54) is 18.7 Å². The second kappa shape index (κ2) is 10.8. The zero-order valence-corrected chi connectivity index (χ0v) is 16.9. The van der Waals surface area contributed by atoms with Crippen molar-refractivity contribution in [2.75, 3.05) is 18.1 Å². The first-order valence-electron chi connectivity index (χ1n) is 7.83. The van der Waals surface area contributed by atoms with Crippen LogP contribution in [0.5, 0.6) is 0 Å². The number of amides is 2. The quantitative estimate of drug-likeness (QED) is 0.628. The van der Waals surface area contributed by atoms with Gasteiger partial charge in [0.2, 0.25) is 11.8 Å². The lowest BCUT2D eigenvalue weighted by molar-refractivity contribution is -0.130. The summed E-state index contributed by atoms with van der Waals surface area (Å²) < 4.78 is 0. The summed E-state index contributed by atoms with van der Waals surface area (Å²) in [4.78, 5) is 46.9. The molecular formula is C16H28N2O4S2. The van der Waals surface area contributed by atoms with Crippen molar-refractivity contribution < 1.29 is 19.2 Å². The summed E-state index contributed by atoms with van der Waals surface area (Å²) in [7, 11) is 0. The standard InChI is InChI=1S/C16H28N2O4S2/c1-10(2)13(20)18-12(9-24-11(3)19)14(21)17-7-8-23-15(22)16(4,5)6/h10,12H,7-9H2,1-6H3,(H,17,21)(H,18,20)/t12-/m0/s1. The van der Waals surface area contributed by atoms with Crippen molar-refractivity contribution in [1.29, 1.82) is 0 Å². The van der Waals surface area contributed by atoms with Gasteiger partial charge in [0.25, 0.3) is 0 Å². The average molecular weight is 377 g/mol. The number of carbonyl (C=O) groups is 4. The molecule has 2 N–H and O–H groups in total. The highest BCUT2D eigenvalue weighted by atomic mass is 32.2. The van der Waals surface area contributed by atoms with E-state index in [0.717, 1.165) is 11.8 Å². The summed E-state index contributed by atoms with van der Waals surface area (Å²) in [6.07, 6.45) is 0. The lowest BCUT2D eigenvalue weighted by Crippen LogP contribution is -2.50. The maximum Gasteiger partial charge on any atom is 0.243 e. The molecule has 0 aliphatic carbocycles. The van der Waals surface area contributed by atoms with Crippen molar-refractivity contribution in [2.45, 2.75) is 47.6 Å². The predicted octanol–water partition coefficient (Wildman–Crippen LogP) is 1.83. The molecule has 0 fully saturated rings. The van der Waals surface area contributed by atoms with Crippen molar-refractivity contribution >= 4 is 45.6 Å². The van der Waals surface area contributed by atoms with Gasteiger partial charge >= 0.3 is 0 Å². The number of nitrogens with one attached hydrogen (secondary N) is 2. The highest BCUT2D eigenvalue weighted by molar-refractivity contribution is 8.13. The molecule has 0 radical (unpaired) electrons. The molecule has 0 unspecified atom stereocenters. The van der Waals surface area contributed by atoms with Gasteiger partial charge < -0.3 is 10.6 Å². The molecule has 138 valence electrons. The molecule has 24 heavy (non-hydrogen) atoms. The minimum Gasteiger partial charge on any atom is -0.353 e. The Morgan fingerprint density at radius 1 is 1.00 bits per heavy atom. The van der Waals surface area contributed by atoms with Gasteiger partial charge in [-0.2, -0.15) is 0 Å². The van der Waals surface area contributed by atoms with Crippen LogP contribution in [0.2, 0.25) is 0 Å². The third-order valence-corrected chi connectivity index (χ3v) is 5.05. The van der Waals surface area contributed by atoms with Gasteiger partial charge in [-0.1, -0.05) is 58.1 Å². The van der Waals surface area contributed by atoms with E-state index in [2.05, 4.69) is 10.6 Å². The predicted molar refractivity (Wildman–Crippen MR) is 99.8 cm³/mol. The zero-order chi connectivity index (χ0) is 18.9. The molecule has 0 bridgehead atoms. The van der Waals surface area contributed by atoms with E-state index in [0.29, 0.717) is 12.3 Å². The normalized spacial score (nSPS) is 12.6. The van der Waals surface area contributed by atoms with Crippen LogP contribution < -0.4 is 10.6 Å². The van der Waals surface area contributed by atoms with Crippen LogP contribution in [-0.2, 0) is 19.2 Å². The molecule has 0 aliphatic rings. The number of thioether (sulfide) groups is 2. The monoisotopic (exact) mass is 376 g/mol. The van der Waals surface area contributed by atoms with Crippen LogP contribution in [0, 0.1) is 11.3 Å². The Morgan fingerprint density at radius 3 is 2.04 bits per heavy atom. The molecule has 8 heteroatoms. The topological polar surface area (TPSA) is 92.3 Å². The molecule has 0 rings (SSSR count). The molecule has 0 spiro atoms. The molecular weight excluding hydrogens is 348 g/mol. The van der Waals surface area contributed by atoms with E-state index >= 15 is 0 Å².